The molecular weight excluding hydrogens is 262 g/mol. The first-order valence-electron chi connectivity index (χ1n) is 6.61. The minimum absolute atomic E-state index is 0.0648. The summed E-state index contributed by atoms with van der Waals surface area (Å²) in [5.41, 5.74) is -0.651. The largest absolute Gasteiger partial charge is 0.455 e. The van der Waals surface area contributed by atoms with Crippen LogP contribution in [0, 0.1) is 0 Å². The van der Waals surface area contributed by atoms with Gasteiger partial charge in [-0.1, -0.05) is 0 Å². The molecule has 19 heavy (non-hydrogen) atoms. The average molecular weight is 283 g/mol. The van der Waals surface area contributed by atoms with Gasteiger partial charge in [-0.2, -0.15) is 11.8 Å². The van der Waals surface area contributed by atoms with Gasteiger partial charge in [-0.3, -0.25) is 4.79 Å². The number of likely N-dealkylation sites (tertiary alicyclic amines) is 1. The summed E-state index contributed by atoms with van der Waals surface area (Å²) in [6.07, 6.45) is 4.20. The maximum atomic E-state index is 12.3. The summed E-state index contributed by atoms with van der Waals surface area (Å²) in [6.45, 7) is 3.11. The first kappa shape index (κ1) is 14.5. The van der Waals surface area contributed by atoms with Crippen LogP contribution >= 0.6 is 11.8 Å². The molecule has 1 fully saturated rings. The molecule has 1 unspecified atom stereocenters. The quantitative estimate of drug-likeness (QED) is 0.926. The van der Waals surface area contributed by atoms with Crippen molar-refractivity contribution < 1.29 is 14.3 Å². The van der Waals surface area contributed by atoms with Gasteiger partial charge in [0, 0.05) is 13.1 Å². The third-order valence-corrected chi connectivity index (χ3v) is 4.08. The Morgan fingerprint density at radius 3 is 3.00 bits per heavy atom. The Hall–Kier alpha value is -0.940. The zero-order valence-electron chi connectivity index (χ0n) is 11.5. The lowest BCUT2D eigenvalue weighted by Gasteiger charge is -2.21. The van der Waals surface area contributed by atoms with Crippen molar-refractivity contribution in [3.63, 3.8) is 0 Å². The molecule has 1 saturated heterocycles. The Bertz CT molecular complexity index is 442. The highest BCUT2D eigenvalue weighted by atomic mass is 32.2. The van der Waals surface area contributed by atoms with Crippen LogP contribution in [0.1, 0.15) is 42.5 Å². The lowest BCUT2D eigenvalue weighted by atomic mass is 9.98. The third kappa shape index (κ3) is 3.76. The second-order valence-corrected chi connectivity index (χ2v) is 6.21. The maximum absolute atomic E-state index is 12.3. The molecule has 5 heteroatoms. The maximum Gasteiger partial charge on any atom is 0.289 e. The molecule has 0 saturated carbocycles. The molecule has 1 aliphatic heterocycles. The van der Waals surface area contributed by atoms with Crippen LogP contribution in [0.4, 0.5) is 0 Å². The highest BCUT2D eigenvalue weighted by molar-refractivity contribution is 7.97. The van der Waals surface area contributed by atoms with Gasteiger partial charge in [-0.05, 0) is 44.6 Å². The standard InChI is InChI=1S/C14H21NO3S/c1-14(17)6-3-8-15(9-7-14)13(16)12-5-4-11(18-12)10-19-2/h4-5,17H,3,6-10H2,1-2H3. The smallest absolute Gasteiger partial charge is 0.289 e. The van der Waals surface area contributed by atoms with Crippen LogP contribution in [0.3, 0.4) is 0 Å². The number of thioether (sulfide) groups is 1. The van der Waals surface area contributed by atoms with E-state index in [-0.39, 0.29) is 5.91 Å². The number of carbonyl (C=O) groups is 1. The highest BCUT2D eigenvalue weighted by Gasteiger charge is 2.28. The van der Waals surface area contributed by atoms with Crippen molar-refractivity contribution in [1.29, 1.82) is 0 Å². The van der Waals surface area contributed by atoms with Crippen LogP contribution in [0.2, 0.25) is 0 Å². The predicted molar refractivity (Wildman–Crippen MR) is 76.3 cm³/mol. The summed E-state index contributed by atoms with van der Waals surface area (Å²) >= 11 is 1.67. The molecule has 4 nitrogen and oxygen atoms in total. The molecule has 0 bridgehead atoms. The van der Waals surface area contributed by atoms with E-state index in [4.69, 9.17) is 4.42 Å². The molecule has 1 atom stereocenters. The minimum Gasteiger partial charge on any atom is -0.455 e. The fourth-order valence-corrected chi connectivity index (χ4v) is 2.77. The van der Waals surface area contributed by atoms with Gasteiger partial charge in [0.05, 0.1) is 11.4 Å². The van der Waals surface area contributed by atoms with Crippen molar-refractivity contribution in [1.82, 2.24) is 4.90 Å². The average Bonchev–Trinajstić information content (AvgIpc) is 2.74. The molecule has 0 spiro atoms. The summed E-state index contributed by atoms with van der Waals surface area (Å²) in [7, 11) is 0. The Morgan fingerprint density at radius 1 is 1.47 bits per heavy atom. The van der Waals surface area contributed by atoms with E-state index in [9.17, 15) is 9.90 Å². The van der Waals surface area contributed by atoms with Crippen molar-refractivity contribution in [2.45, 2.75) is 37.5 Å². The summed E-state index contributed by atoms with van der Waals surface area (Å²) in [5, 5.41) is 10.0. The van der Waals surface area contributed by atoms with Crippen LogP contribution in [-0.4, -0.2) is 40.9 Å². The lowest BCUT2D eigenvalue weighted by molar-refractivity contribution is 0.0434. The van der Waals surface area contributed by atoms with Gasteiger partial charge in [0.15, 0.2) is 5.76 Å². The van der Waals surface area contributed by atoms with Crippen molar-refractivity contribution in [3.8, 4) is 0 Å². The van der Waals surface area contributed by atoms with E-state index in [1.807, 2.05) is 19.2 Å². The monoisotopic (exact) mass is 283 g/mol. The molecule has 0 radical (unpaired) electrons. The van der Waals surface area contributed by atoms with Crippen LogP contribution in [0.15, 0.2) is 16.5 Å². The number of furan rings is 1. The molecule has 1 amide bonds. The second-order valence-electron chi connectivity index (χ2n) is 5.34. The Morgan fingerprint density at radius 2 is 2.26 bits per heavy atom. The van der Waals surface area contributed by atoms with Gasteiger partial charge in [0.1, 0.15) is 5.76 Å². The molecule has 2 heterocycles. The molecule has 1 aromatic heterocycles. The van der Waals surface area contributed by atoms with Gasteiger partial charge in [0.2, 0.25) is 0 Å². The topological polar surface area (TPSA) is 53.7 Å². The number of carbonyl (C=O) groups excluding carboxylic acids is 1. The van der Waals surface area contributed by atoms with Gasteiger partial charge in [0.25, 0.3) is 5.91 Å². The zero-order valence-corrected chi connectivity index (χ0v) is 12.3. The van der Waals surface area contributed by atoms with Gasteiger partial charge in [-0.15, -0.1) is 0 Å². The second kappa shape index (κ2) is 6.01. The number of rotatable bonds is 3. The third-order valence-electron chi connectivity index (χ3n) is 3.51. The van der Waals surface area contributed by atoms with Gasteiger partial charge < -0.3 is 14.4 Å². The summed E-state index contributed by atoms with van der Waals surface area (Å²) in [4.78, 5) is 14.1. The highest BCUT2D eigenvalue weighted by Crippen LogP contribution is 2.23. The van der Waals surface area contributed by atoms with Crippen LogP contribution in [-0.2, 0) is 5.75 Å². The van der Waals surface area contributed by atoms with Gasteiger partial charge >= 0.3 is 0 Å². The fraction of sp³-hybridized carbons (Fsp3) is 0.643. The number of nitrogens with zero attached hydrogens (tertiary/aromatic N) is 1. The lowest BCUT2D eigenvalue weighted by Crippen LogP contribution is -2.33. The van der Waals surface area contributed by atoms with Crippen LogP contribution in [0.5, 0.6) is 0 Å². The predicted octanol–water partition coefficient (Wildman–Crippen LogP) is 2.52. The number of aliphatic hydroxyl groups is 1. The summed E-state index contributed by atoms with van der Waals surface area (Å²) in [6, 6.07) is 3.61. The first-order valence-corrected chi connectivity index (χ1v) is 8.00. The number of hydrogen-bond donors (Lipinski definition) is 1. The van der Waals surface area contributed by atoms with E-state index < -0.39 is 5.60 Å². The fourth-order valence-electron chi connectivity index (χ4n) is 2.33. The normalized spacial score (nSPS) is 24.3. The molecule has 106 valence electrons. The molecule has 0 aromatic carbocycles. The summed E-state index contributed by atoms with van der Waals surface area (Å²) in [5.74, 6) is 1.95. The number of hydrogen-bond acceptors (Lipinski definition) is 4. The van der Waals surface area contributed by atoms with Crippen molar-refractivity contribution in [2.75, 3.05) is 19.3 Å². The number of amides is 1. The summed E-state index contributed by atoms with van der Waals surface area (Å²) < 4.78 is 5.56. The van der Waals surface area contributed by atoms with Crippen molar-refractivity contribution >= 4 is 17.7 Å². The van der Waals surface area contributed by atoms with E-state index in [0.717, 1.165) is 24.4 Å². The Kier molecular flexibility index (Phi) is 4.58. The molecule has 2 rings (SSSR count). The van der Waals surface area contributed by atoms with Gasteiger partial charge in [-0.25, -0.2) is 0 Å². The van der Waals surface area contributed by atoms with E-state index >= 15 is 0 Å². The Balaban J connectivity index is 2.02. The van der Waals surface area contributed by atoms with Crippen LogP contribution in [0.25, 0.3) is 0 Å². The van der Waals surface area contributed by atoms with E-state index in [1.165, 1.54) is 0 Å². The van der Waals surface area contributed by atoms with E-state index in [1.54, 1.807) is 22.7 Å². The van der Waals surface area contributed by atoms with E-state index in [0.29, 0.717) is 25.3 Å². The molecular formula is C14H21NO3S. The Labute approximate surface area is 118 Å². The molecule has 1 N–H and O–H groups in total. The van der Waals surface area contributed by atoms with Crippen molar-refractivity contribution in [3.05, 3.63) is 23.7 Å². The van der Waals surface area contributed by atoms with E-state index in [2.05, 4.69) is 0 Å². The molecule has 1 aromatic rings. The zero-order chi connectivity index (χ0) is 13.9. The first-order chi connectivity index (χ1) is 9.02. The van der Waals surface area contributed by atoms with Crippen molar-refractivity contribution in [2.24, 2.45) is 0 Å². The molecule has 1 aliphatic rings. The molecule has 0 aliphatic carbocycles. The van der Waals surface area contributed by atoms with Crippen LogP contribution < -0.4 is 0 Å². The SMILES string of the molecule is CSCc1ccc(C(=O)N2CCCC(C)(O)CC2)o1. The minimum atomic E-state index is -0.651.